The quantitative estimate of drug-likeness (QED) is 0.563. The lowest BCUT2D eigenvalue weighted by Crippen LogP contribution is -1.94. The van der Waals surface area contributed by atoms with E-state index in [0.717, 1.165) is 6.42 Å². The van der Waals surface area contributed by atoms with E-state index in [0.29, 0.717) is 5.92 Å². The van der Waals surface area contributed by atoms with E-state index in [1.54, 1.807) is 0 Å². The standard InChI is InChI=1S/C18H20ClN/c1-12(2)7-9-16(19)13-8-10-18-15(11-13)14-5-3-4-6-17(14)20-18/h3-6,8,10-12,16,20H,7,9H2,1-2H3. The van der Waals surface area contributed by atoms with E-state index in [1.165, 1.54) is 33.8 Å². The van der Waals surface area contributed by atoms with E-state index in [-0.39, 0.29) is 5.38 Å². The fourth-order valence-electron chi connectivity index (χ4n) is 2.71. The third-order valence-electron chi connectivity index (χ3n) is 3.89. The van der Waals surface area contributed by atoms with Gasteiger partial charge in [-0.1, -0.05) is 38.1 Å². The van der Waals surface area contributed by atoms with Crippen molar-refractivity contribution in [3.8, 4) is 0 Å². The van der Waals surface area contributed by atoms with Gasteiger partial charge in [0.05, 0.1) is 5.38 Å². The van der Waals surface area contributed by atoms with Crippen LogP contribution in [0.1, 0.15) is 37.6 Å². The number of rotatable bonds is 4. The zero-order valence-corrected chi connectivity index (χ0v) is 12.7. The number of aromatic amines is 1. The molecule has 0 aliphatic carbocycles. The molecule has 0 fully saturated rings. The highest BCUT2D eigenvalue weighted by Gasteiger charge is 2.11. The minimum Gasteiger partial charge on any atom is -0.355 e. The highest BCUT2D eigenvalue weighted by atomic mass is 35.5. The Hall–Kier alpha value is -1.47. The number of hydrogen-bond acceptors (Lipinski definition) is 0. The molecular weight excluding hydrogens is 266 g/mol. The zero-order chi connectivity index (χ0) is 14.1. The molecule has 0 bridgehead atoms. The lowest BCUT2D eigenvalue weighted by atomic mass is 10.0. The van der Waals surface area contributed by atoms with Crippen LogP contribution in [-0.2, 0) is 0 Å². The van der Waals surface area contributed by atoms with Gasteiger partial charge in [-0.05, 0) is 42.5 Å². The normalized spacial score (nSPS) is 13.4. The van der Waals surface area contributed by atoms with Crippen LogP contribution >= 0.6 is 11.6 Å². The Morgan fingerprint density at radius 1 is 0.950 bits per heavy atom. The monoisotopic (exact) mass is 285 g/mol. The van der Waals surface area contributed by atoms with E-state index in [2.05, 4.69) is 61.3 Å². The van der Waals surface area contributed by atoms with Crippen molar-refractivity contribution >= 4 is 33.4 Å². The third-order valence-corrected chi connectivity index (χ3v) is 4.36. The molecule has 0 radical (unpaired) electrons. The van der Waals surface area contributed by atoms with Crippen molar-refractivity contribution < 1.29 is 0 Å². The summed E-state index contributed by atoms with van der Waals surface area (Å²) in [5.74, 6) is 0.702. The molecule has 3 aromatic rings. The van der Waals surface area contributed by atoms with Gasteiger partial charge in [-0.2, -0.15) is 0 Å². The first kappa shape index (κ1) is 13.5. The van der Waals surface area contributed by atoms with Gasteiger partial charge in [-0.25, -0.2) is 0 Å². The van der Waals surface area contributed by atoms with Gasteiger partial charge in [0.15, 0.2) is 0 Å². The van der Waals surface area contributed by atoms with Crippen molar-refractivity contribution in [1.82, 2.24) is 4.98 Å². The highest BCUT2D eigenvalue weighted by Crippen LogP contribution is 2.32. The van der Waals surface area contributed by atoms with Crippen molar-refractivity contribution in [3.63, 3.8) is 0 Å². The van der Waals surface area contributed by atoms with Gasteiger partial charge in [0.25, 0.3) is 0 Å². The van der Waals surface area contributed by atoms with Gasteiger partial charge in [-0.3, -0.25) is 0 Å². The maximum atomic E-state index is 6.56. The molecule has 1 atom stereocenters. The van der Waals surface area contributed by atoms with Gasteiger partial charge in [-0.15, -0.1) is 11.6 Å². The van der Waals surface area contributed by atoms with E-state index in [9.17, 15) is 0 Å². The molecule has 1 heterocycles. The lowest BCUT2D eigenvalue weighted by Gasteiger charge is -2.11. The second kappa shape index (κ2) is 5.49. The summed E-state index contributed by atoms with van der Waals surface area (Å²) in [4.78, 5) is 3.45. The summed E-state index contributed by atoms with van der Waals surface area (Å²) in [5.41, 5.74) is 3.60. The van der Waals surface area contributed by atoms with E-state index in [1.807, 2.05) is 0 Å². The van der Waals surface area contributed by atoms with Crippen molar-refractivity contribution in [2.24, 2.45) is 5.92 Å². The predicted molar refractivity (Wildman–Crippen MR) is 88.5 cm³/mol. The van der Waals surface area contributed by atoms with Crippen LogP contribution in [0.4, 0.5) is 0 Å². The van der Waals surface area contributed by atoms with Crippen LogP contribution in [0.2, 0.25) is 0 Å². The molecule has 0 aliphatic rings. The number of H-pyrrole nitrogens is 1. The third kappa shape index (κ3) is 2.55. The Kier molecular flexibility index (Phi) is 3.71. The van der Waals surface area contributed by atoms with Crippen molar-refractivity contribution in [2.45, 2.75) is 32.1 Å². The van der Waals surface area contributed by atoms with Gasteiger partial charge >= 0.3 is 0 Å². The Morgan fingerprint density at radius 2 is 1.70 bits per heavy atom. The molecule has 2 aromatic carbocycles. The number of alkyl halides is 1. The second-order valence-electron chi connectivity index (χ2n) is 5.91. The summed E-state index contributed by atoms with van der Waals surface area (Å²) in [6, 6.07) is 15.0. The minimum atomic E-state index is 0.107. The van der Waals surface area contributed by atoms with E-state index >= 15 is 0 Å². The molecule has 1 aromatic heterocycles. The number of hydrogen-bond donors (Lipinski definition) is 1. The zero-order valence-electron chi connectivity index (χ0n) is 12.0. The van der Waals surface area contributed by atoms with Crippen LogP contribution < -0.4 is 0 Å². The van der Waals surface area contributed by atoms with Gasteiger partial charge in [0.1, 0.15) is 0 Å². The summed E-state index contributed by atoms with van der Waals surface area (Å²) in [6.45, 7) is 4.49. The molecule has 3 rings (SSSR count). The Labute approximate surface area is 124 Å². The van der Waals surface area contributed by atoms with Crippen LogP contribution in [0.25, 0.3) is 21.8 Å². The summed E-state index contributed by atoms with van der Waals surface area (Å²) in [5, 5.41) is 2.65. The van der Waals surface area contributed by atoms with E-state index in [4.69, 9.17) is 11.6 Å². The largest absolute Gasteiger partial charge is 0.355 e. The number of para-hydroxylation sites is 1. The van der Waals surface area contributed by atoms with Crippen molar-refractivity contribution in [2.75, 3.05) is 0 Å². The fraction of sp³-hybridized carbons (Fsp3) is 0.333. The highest BCUT2D eigenvalue weighted by molar-refractivity contribution is 6.21. The molecule has 1 nitrogen and oxygen atoms in total. The summed E-state index contributed by atoms with van der Waals surface area (Å²) in [6.07, 6.45) is 2.20. The molecule has 0 saturated heterocycles. The fourth-order valence-corrected chi connectivity index (χ4v) is 2.97. The molecule has 0 spiro atoms. The molecule has 2 heteroatoms. The minimum absolute atomic E-state index is 0.107. The molecule has 104 valence electrons. The Balaban J connectivity index is 1.99. The smallest absolute Gasteiger partial charge is 0.0585 e. The van der Waals surface area contributed by atoms with Crippen LogP contribution in [0, 0.1) is 5.92 Å². The molecule has 1 N–H and O–H groups in total. The van der Waals surface area contributed by atoms with Gasteiger partial charge < -0.3 is 4.98 Å². The topological polar surface area (TPSA) is 15.8 Å². The Bertz CT molecular complexity index is 726. The van der Waals surface area contributed by atoms with Crippen LogP contribution in [-0.4, -0.2) is 4.98 Å². The Morgan fingerprint density at radius 3 is 2.50 bits per heavy atom. The first-order valence-corrected chi connectivity index (χ1v) is 7.73. The molecular formula is C18H20ClN. The first-order chi connectivity index (χ1) is 9.65. The number of fused-ring (bicyclic) bond motifs is 3. The van der Waals surface area contributed by atoms with Crippen LogP contribution in [0.15, 0.2) is 42.5 Å². The lowest BCUT2D eigenvalue weighted by molar-refractivity contribution is 0.549. The van der Waals surface area contributed by atoms with Gasteiger partial charge in [0, 0.05) is 21.8 Å². The SMILES string of the molecule is CC(C)CCC(Cl)c1ccc2[nH]c3ccccc3c2c1. The van der Waals surface area contributed by atoms with Crippen LogP contribution in [0.5, 0.6) is 0 Å². The number of halogens is 1. The summed E-state index contributed by atoms with van der Waals surface area (Å²) in [7, 11) is 0. The summed E-state index contributed by atoms with van der Waals surface area (Å²) < 4.78 is 0. The predicted octanol–water partition coefficient (Wildman–Crippen LogP) is 6.04. The van der Waals surface area contributed by atoms with Crippen molar-refractivity contribution in [1.29, 1.82) is 0 Å². The summed E-state index contributed by atoms with van der Waals surface area (Å²) >= 11 is 6.56. The maximum Gasteiger partial charge on any atom is 0.0585 e. The maximum absolute atomic E-state index is 6.56. The van der Waals surface area contributed by atoms with Gasteiger partial charge in [0.2, 0.25) is 0 Å². The van der Waals surface area contributed by atoms with Crippen molar-refractivity contribution in [3.05, 3.63) is 48.0 Å². The number of aromatic nitrogens is 1. The number of nitrogens with one attached hydrogen (secondary N) is 1. The molecule has 20 heavy (non-hydrogen) atoms. The van der Waals surface area contributed by atoms with E-state index < -0.39 is 0 Å². The molecule has 1 unspecified atom stereocenters. The molecule has 0 aliphatic heterocycles. The average Bonchev–Trinajstić information content (AvgIpc) is 2.82. The second-order valence-corrected chi connectivity index (χ2v) is 6.44. The molecule has 0 amide bonds. The first-order valence-electron chi connectivity index (χ1n) is 7.29. The average molecular weight is 286 g/mol. The molecule has 0 saturated carbocycles. The van der Waals surface area contributed by atoms with Crippen LogP contribution in [0.3, 0.4) is 0 Å². The number of benzene rings is 2.